The van der Waals surface area contributed by atoms with Gasteiger partial charge in [0.05, 0.1) is 6.54 Å². The van der Waals surface area contributed by atoms with Crippen LogP contribution in [0.2, 0.25) is 5.02 Å². The maximum Gasteiger partial charge on any atom is 0.323 e. The molecule has 19 heavy (non-hydrogen) atoms. The number of hydrogen-bond acceptors (Lipinski definition) is 4. The molecule has 1 N–H and O–H groups in total. The van der Waals surface area contributed by atoms with Gasteiger partial charge in [-0.15, -0.1) is 0 Å². The Morgan fingerprint density at radius 1 is 1.53 bits per heavy atom. The lowest BCUT2D eigenvalue weighted by Gasteiger charge is -2.22. The topological polar surface area (TPSA) is 66.6 Å². The molecule has 1 aromatic heterocycles. The van der Waals surface area contributed by atoms with E-state index in [1.54, 1.807) is 30.0 Å². The summed E-state index contributed by atoms with van der Waals surface area (Å²) in [4.78, 5) is 16.7. The van der Waals surface area contributed by atoms with Gasteiger partial charge in [-0.25, -0.2) is 4.98 Å². The Morgan fingerprint density at radius 3 is 2.89 bits per heavy atom. The highest BCUT2D eigenvalue weighted by Crippen LogP contribution is 2.21. The summed E-state index contributed by atoms with van der Waals surface area (Å²) in [5, 5.41) is 9.55. The van der Waals surface area contributed by atoms with Crippen molar-refractivity contribution in [2.45, 2.75) is 13.5 Å². The number of carboxylic acids is 1. The van der Waals surface area contributed by atoms with Crippen molar-refractivity contribution in [2.75, 3.05) is 11.4 Å². The summed E-state index contributed by atoms with van der Waals surface area (Å²) in [5.74, 6) is -0.237. The fourth-order valence-electron chi connectivity index (χ4n) is 1.74. The van der Waals surface area contributed by atoms with Crippen LogP contribution in [0.25, 0.3) is 0 Å². The molecule has 2 aromatic rings. The van der Waals surface area contributed by atoms with E-state index in [9.17, 15) is 4.79 Å². The van der Waals surface area contributed by atoms with Crippen molar-refractivity contribution >= 4 is 23.3 Å². The second kappa shape index (κ2) is 5.75. The number of aryl methyl sites for hydroxylation is 1. The van der Waals surface area contributed by atoms with E-state index in [4.69, 9.17) is 21.1 Å². The fourth-order valence-corrected chi connectivity index (χ4v) is 1.92. The Labute approximate surface area is 115 Å². The quantitative estimate of drug-likeness (QED) is 0.912. The minimum absolute atomic E-state index is 0.132. The normalized spacial score (nSPS) is 10.4. The summed E-state index contributed by atoms with van der Waals surface area (Å²) < 4.78 is 5.12. The summed E-state index contributed by atoms with van der Waals surface area (Å²) in [5.41, 5.74) is 1.44. The molecule has 2 rings (SSSR count). The number of hydrogen-bond donors (Lipinski definition) is 1. The highest BCUT2D eigenvalue weighted by molar-refractivity contribution is 6.30. The maximum atomic E-state index is 11.0. The van der Waals surface area contributed by atoms with E-state index >= 15 is 0 Å². The molecule has 1 aromatic carbocycles. The van der Waals surface area contributed by atoms with Crippen LogP contribution in [0, 0.1) is 6.92 Å². The summed E-state index contributed by atoms with van der Waals surface area (Å²) in [6.45, 7) is 2.01. The summed E-state index contributed by atoms with van der Waals surface area (Å²) in [7, 11) is 0. The highest BCUT2D eigenvalue weighted by atomic mass is 35.5. The van der Waals surface area contributed by atoms with E-state index in [1.807, 2.05) is 6.07 Å². The molecule has 0 saturated heterocycles. The number of oxazole rings is 1. The fraction of sp³-hybridized carbons (Fsp3) is 0.231. The maximum absolute atomic E-state index is 11.0. The molecule has 0 radical (unpaired) electrons. The zero-order valence-electron chi connectivity index (χ0n) is 10.3. The molecular weight excluding hydrogens is 268 g/mol. The van der Waals surface area contributed by atoms with Crippen LogP contribution in [0.15, 0.2) is 35.1 Å². The van der Waals surface area contributed by atoms with Gasteiger partial charge in [0.2, 0.25) is 0 Å². The molecular formula is C13H13ClN2O3. The van der Waals surface area contributed by atoms with Crippen LogP contribution >= 0.6 is 11.6 Å². The third-order valence-corrected chi connectivity index (χ3v) is 2.92. The number of rotatable bonds is 5. The van der Waals surface area contributed by atoms with Gasteiger partial charge in [-0.3, -0.25) is 4.79 Å². The Morgan fingerprint density at radius 2 is 2.32 bits per heavy atom. The number of nitrogens with zero attached hydrogens (tertiary/aromatic N) is 2. The molecule has 0 amide bonds. The summed E-state index contributed by atoms with van der Waals surface area (Å²) in [6, 6.07) is 7.05. The van der Waals surface area contributed by atoms with Crippen LogP contribution in [0.5, 0.6) is 0 Å². The van der Waals surface area contributed by atoms with Crippen LogP contribution in [0.1, 0.15) is 11.5 Å². The van der Waals surface area contributed by atoms with E-state index in [-0.39, 0.29) is 6.54 Å². The van der Waals surface area contributed by atoms with Crippen molar-refractivity contribution < 1.29 is 14.3 Å². The first-order chi connectivity index (χ1) is 9.06. The van der Waals surface area contributed by atoms with Crippen molar-refractivity contribution in [2.24, 2.45) is 0 Å². The molecule has 6 heteroatoms. The number of carboxylic acid groups (broad SMARTS) is 1. The van der Waals surface area contributed by atoms with Crippen LogP contribution < -0.4 is 4.90 Å². The second-order valence-electron chi connectivity index (χ2n) is 4.08. The number of benzene rings is 1. The highest BCUT2D eigenvalue weighted by Gasteiger charge is 2.15. The van der Waals surface area contributed by atoms with E-state index in [0.29, 0.717) is 23.0 Å². The summed E-state index contributed by atoms with van der Waals surface area (Å²) in [6.07, 6.45) is 1.35. The van der Waals surface area contributed by atoms with Crippen molar-refractivity contribution in [3.8, 4) is 0 Å². The van der Waals surface area contributed by atoms with E-state index in [2.05, 4.69) is 4.98 Å². The lowest BCUT2D eigenvalue weighted by Crippen LogP contribution is -2.29. The molecule has 0 atom stereocenters. The Hall–Kier alpha value is -2.01. The lowest BCUT2D eigenvalue weighted by molar-refractivity contribution is -0.135. The third kappa shape index (κ3) is 3.48. The van der Waals surface area contributed by atoms with Crippen LogP contribution in [0.4, 0.5) is 5.69 Å². The van der Waals surface area contributed by atoms with Crippen LogP contribution in [0.3, 0.4) is 0 Å². The predicted octanol–water partition coefficient (Wildman–Crippen LogP) is 2.73. The van der Waals surface area contributed by atoms with Gasteiger partial charge in [0, 0.05) is 10.7 Å². The van der Waals surface area contributed by atoms with E-state index in [1.165, 1.54) is 6.39 Å². The Balaban J connectivity index is 2.26. The van der Waals surface area contributed by atoms with Gasteiger partial charge >= 0.3 is 5.97 Å². The predicted molar refractivity (Wildman–Crippen MR) is 71.4 cm³/mol. The number of halogens is 1. The average Bonchev–Trinajstić information content (AvgIpc) is 2.74. The molecule has 100 valence electrons. The largest absolute Gasteiger partial charge is 0.480 e. The number of carbonyl (C=O) groups is 1. The average molecular weight is 281 g/mol. The molecule has 0 fully saturated rings. The first kappa shape index (κ1) is 13.4. The molecule has 0 aliphatic rings. The van der Waals surface area contributed by atoms with Gasteiger partial charge in [0.1, 0.15) is 18.0 Å². The molecule has 0 unspecified atom stereocenters. The smallest absolute Gasteiger partial charge is 0.323 e. The monoisotopic (exact) mass is 280 g/mol. The zero-order valence-corrected chi connectivity index (χ0v) is 11.1. The minimum atomic E-state index is -0.916. The number of aromatic nitrogens is 1. The number of aliphatic carboxylic acids is 1. The molecule has 0 aliphatic carbocycles. The van der Waals surface area contributed by atoms with Crippen LogP contribution in [-0.4, -0.2) is 22.6 Å². The zero-order chi connectivity index (χ0) is 13.8. The Bertz CT molecular complexity index is 583. The standard InChI is InChI=1S/C13H13ClN2O3/c1-9-12(15-8-19-9)6-16(7-13(17)18)11-4-2-3-10(14)5-11/h2-5,8H,6-7H2,1H3,(H,17,18). The van der Waals surface area contributed by atoms with Gasteiger partial charge in [-0.2, -0.15) is 0 Å². The number of anilines is 1. The van der Waals surface area contributed by atoms with E-state index < -0.39 is 5.97 Å². The molecule has 0 bridgehead atoms. The van der Waals surface area contributed by atoms with Gasteiger partial charge in [0.15, 0.2) is 6.39 Å². The van der Waals surface area contributed by atoms with Gasteiger partial charge in [-0.05, 0) is 25.1 Å². The molecule has 0 aliphatic heterocycles. The van der Waals surface area contributed by atoms with Crippen molar-refractivity contribution in [3.63, 3.8) is 0 Å². The molecule has 0 saturated carbocycles. The minimum Gasteiger partial charge on any atom is -0.480 e. The third-order valence-electron chi connectivity index (χ3n) is 2.68. The van der Waals surface area contributed by atoms with Gasteiger partial charge in [-0.1, -0.05) is 17.7 Å². The van der Waals surface area contributed by atoms with Crippen LogP contribution in [-0.2, 0) is 11.3 Å². The second-order valence-corrected chi connectivity index (χ2v) is 4.52. The Kier molecular flexibility index (Phi) is 4.06. The first-order valence-electron chi connectivity index (χ1n) is 5.67. The summed E-state index contributed by atoms with van der Waals surface area (Å²) >= 11 is 5.93. The van der Waals surface area contributed by atoms with Gasteiger partial charge in [0.25, 0.3) is 0 Å². The van der Waals surface area contributed by atoms with Crippen molar-refractivity contribution in [1.29, 1.82) is 0 Å². The van der Waals surface area contributed by atoms with Crippen molar-refractivity contribution in [3.05, 3.63) is 47.1 Å². The molecule has 5 nitrogen and oxygen atoms in total. The lowest BCUT2D eigenvalue weighted by atomic mass is 10.2. The SMILES string of the molecule is Cc1ocnc1CN(CC(=O)O)c1cccc(Cl)c1. The van der Waals surface area contributed by atoms with E-state index in [0.717, 1.165) is 5.69 Å². The molecule has 1 heterocycles. The first-order valence-corrected chi connectivity index (χ1v) is 6.05. The van der Waals surface area contributed by atoms with Crippen molar-refractivity contribution in [1.82, 2.24) is 4.98 Å². The molecule has 0 spiro atoms. The van der Waals surface area contributed by atoms with Gasteiger partial charge < -0.3 is 14.4 Å².